The van der Waals surface area contributed by atoms with Gasteiger partial charge in [0.1, 0.15) is 17.3 Å². The SMILES string of the molecule is COCc1c(OC(=O)OC(C)C)ncc2[nH]c3ccc(Oc4ccc(F)cc4Cl)cc3c12. The van der Waals surface area contributed by atoms with E-state index in [-0.39, 0.29) is 23.6 Å². The van der Waals surface area contributed by atoms with E-state index >= 15 is 0 Å². The minimum Gasteiger partial charge on any atom is -0.456 e. The standard InChI is InChI=1S/C23H20ClFN2O5/c1-12(2)30-23(28)32-22-16(11-29-3)21-15-9-14(5-6-18(15)27-19(21)10-26-22)31-20-7-4-13(25)8-17(20)24/h4-10,12,27H,11H2,1-3H3. The van der Waals surface area contributed by atoms with Crippen LogP contribution in [0.4, 0.5) is 9.18 Å². The summed E-state index contributed by atoms with van der Waals surface area (Å²) in [4.78, 5) is 19.6. The van der Waals surface area contributed by atoms with Crippen LogP contribution in [0.15, 0.2) is 42.6 Å². The van der Waals surface area contributed by atoms with E-state index in [4.69, 9.17) is 30.5 Å². The molecule has 2 heterocycles. The van der Waals surface area contributed by atoms with Gasteiger partial charge in [0.15, 0.2) is 0 Å². The first-order valence-corrected chi connectivity index (χ1v) is 10.2. The van der Waals surface area contributed by atoms with Gasteiger partial charge in [-0.25, -0.2) is 14.2 Å². The Morgan fingerprint density at radius 2 is 2.00 bits per heavy atom. The Kier molecular flexibility index (Phi) is 6.16. The molecule has 0 saturated carbocycles. The fourth-order valence-corrected chi connectivity index (χ4v) is 3.54. The Morgan fingerprint density at radius 1 is 1.19 bits per heavy atom. The van der Waals surface area contributed by atoms with E-state index in [0.29, 0.717) is 17.1 Å². The molecule has 1 N–H and O–H groups in total. The van der Waals surface area contributed by atoms with Crippen molar-refractivity contribution in [2.75, 3.05) is 7.11 Å². The van der Waals surface area contributed by atoms with Crippen molar-refractivity contribution in [3.05, 3.63) is 59.0 Å². The zero-order valence-electron chi connectivity index (χ0n) is 17.6. The van der Waals surface area contributed by atoms with Gasteiger partial charge in [0.25, 0.3) is 0 Å². The van der Waals surface area contributed by atoms with Crippen LogP contribution in [0.25, 0.3) is 21.8 Å². The van der Waals surface area contributed by atoms with Gasteiger partial charge in [0, 0.05) is 23.4 Å². The minimum absolute atomic E-state index is 0.0961. The Bertz CT molecular complexity index is 1300. The highest BCUT2D eigenvalue weighted by Gasteiger charge is 2.19. The Morgan fingerprint density at radius 3 is 2.72 bits per heavy atom. The van der Waals surface area contributed by atoms with Gasteiger partial charge in [-0.1, -0.05) is 11.6 Å². The normalized spacial score (nSPS) is 11.3. The summed E-state index contributed by atoms with van der Waals surface area (Å²) in [7, 11) is 1.54. The lowest BCUT2D eigenvalue weighted by Gasteiger charge is -2.12. The highest BCUT2D eigenvalue weighted by molar-refractivity contribution is 6.32. The summed E-state index contributed by atoms with van der Waals surface area (Å²) in [5.74, 6) is 0.466. The van der Waals surface area contributed by atoms with E-state index < -0.39 is 12.0 Å². The number of H-pyrrole nitrogens is 1. The van der Waals surface area contributed by atoms with Crippen molar-refractivity contribution < 1.29 is 28.1 Å². The highest BCUT2D eigenvalue weighted by atomic mass is 35.5. The molecule has 0 amide bonds. The van der Waals surface area contributed by atoms with Crippen LogP contribution in [0, 0.1) is 5.82 Å². The number of benzene rings is 2. The van der Waals surface area contributed by atoms with E-state index in [0.717, 1.165) is 21.8 Å². The number of halogens is 2. The molecule has 4 rings (SSSR count). The molecule has 9 heteroatoms. The van der Waals surface area contributed by atoms with Crippen LogP contribution in [0.2, 0.25) is 5.02 Å². The van der Waals surface area contributed by atoms with Gasteiger partial charge in [0.05, 0.1) is 35.0 Å². The van der Waals surface area contributed by atoms with E-state index in [9.17, 15) is 9.18 Å². The number of nitrogens with zero attached hydrogens (tertiary/aromatic N) is 1. The van der Waals surface area contributed by atoms with Crippen molar-refractivity contribution in [2.24, 2.45) is 0 Å². The molecule has 4 aromatic rings. The lowest BCUT2D eigenvalue weighted by atomic mass is 10.1. The highest BCUT2D eigenvalue weighted by Crippen LogP contribution is 2.37. The number of carbonyl (C=O) groups excluding carboxylic acids is 1. The molecule has 32 heavy (non-hydrogen) atoms. The van der Waals surface area contributed by atoms with Crippen LogP contribution in [0.5, 0.6) is 17.4 Å². The summed E-state index contributed by atoms with van der Waals surface area (Å²) in [5.41, 5.74) is 2.13. The van der Waals surface area contributed by atoms with Gasteiger partial charge >= 0.3 is 6.16 Å². The molecule has 2 aromatic carbocycles. The second-order valence-corrected chi connectivity index (χ2v) is 7.70. The van der Waals surface area contributed by atoms with Crippen molar-refractivity contribution in [1.82, 2.24) is 9.97 Å². The molecule has 0 spiro atoms. The van der Waals surface area contributed by atoms with Gasteiger partial charge in [-0.2, -0.15) is 0 Å². The molecule has 166 valence electrons. The monoisotopic (exact) mass is 458 g/mol. The summed E-state index contributed by atoms with van der Waals surface area (Å²) < 4.78 is 34.9. The largest absolute Gasteiger partial charge is 0.515 e. The molecule has 0 aliphatic heterocycles. The van der Waals surface area contributed by atoms with Crippen LogP contribution in [-0.4, -0.2) is 29.3 Å². The average Bonchev–Trinajstić information content (AvgIpc) is 3.09. The van der Waals surface area contributed by atoms with Crippen LogP contribution in [0.1, 0.15) is 19.4 Å². The van der Waals surface area contributed by atoms with Gasteiger partial charge < -0.3 is 23.9 Å². The third-order valence-electron chi connectivity index (χ3n) is 4.59. The van der Waals surface area contributed by atoms with E-state index in [2.05, 4.69) is 9.97 Å². The third-order valence-corrected chi connectivity index (χ3v) is 4.89. The summed E-state index contributed by atoms with van der Waals surface area (Å²) in [6, 6.07) is 9.33. The zero-order valence-corrected chi connectivity index (χ0v) is 18.3. The first-order valence-electron chi connectivity index (χ1n) is 9.79. The molecule has 0 fully saturated rings. The molecule has 0 aliphatic carbocycles. The van der Waals surface area contributed by atoms with Crippen LogP contribution >= 0.6 is 11.6 Å². The van der Waals surface area contributed by atoms with E-state index in [1.807, 2.05) is 12.1 Å². The number of aromatic nitrogens is 2. The summed E-state index contributed by atoms with van der Waals surface area (Å²) in [5, 5.41) is 1.72. The van der Waals surface area contributed by atoms with Gasteiger partial charge in [-0.15, -0.1) is 0 Å². The zero-order chi connectivity index (χ0) is 22.8. The van der Waals surface area contributed by atoms with Gasteiger partial charge in [0.2, 0.25) is 5.88 Å². The number of aromatic amines is 1. The Balaban J connectivity index is 1.79. The van der Waals surface area contributed by atoms with Crippen molar-refractivity contribution in [3.63, 3.8) is 0 Å². The van der Waals surface area contributed by atoms with Crippen LogP contribution in [0.3, 0.4) is 0 Å². The molecule has 0 unspecified atom stereocenters. The average molecular weight is 459 g/mol. The van der Waals surface area contributed by atoms with E-state index in [1.165, 1.54) is 25.3 Å². The van der Waals surface area contributed by atoms with Crippen LogP contribution < -0.4 is 9.47 Å². The van der Waals surface area contributed by atoms with Gasteiger partial charge in [-0.05, 0) is 50.2 Å². The number of fused-ring (bicyclic) bond motifs is 3. The maximum Gasteiger partial charge on any atom is 0.515 e. The number of pyridine rings is 1. The number of methoxy groups -OCH3 is 1. The lowest BCUT2D eigenvalue weighted by Crippen LogP contribution is -2.17. The second-order valence-electron chi connectivity index (χ2n) is 7.29. The van der Waals surface area contributed by atoms with Crippen molar-refractivity contribution in [1.29, 1.82) is 0 Å². The quantitative estimate of drug-likeness (QED) is 0.338. The first-order chi connectivity index (χ1) is 15.4. The minimum atomic E-state index is -0.848. The molecule has 0 aliphatic rings. The maximum atomic E-state index is 13.3. The molecule has 0 radical (unpaired) electrons. The summed E-state index contributed by atoms with van der Waals surface area (Å²) >= 11 is 6.09. The number of nitrogens with one attached hydrogen (secondary N) is 1. The first kappa shape index (κ1) is 21.9. The molecular formula is C23H20ClFN2O5. The predicted molar refractivity (Wildman–Crippen MR) is 118 cm³/mol. The van der Waals surface area contributed by atoms with Crippen molar-refractivity contribution >= 4 is 39.6 Å². The second kappa shape index (κ2) is 9.02. The molecular weight excluding hydrogens is 439 g/mol. The number of rotatable bonds is 6. The topological polar surface area (TPSA) is 82.7 Å². The maximum absolute atomic E-state index is 13.3. The Labute approximate surface area is 188 Å². The van der Waals surface area contributed by atoms with E-state index in [1.54, 1.807) is 26.1 Å². The third kappa shape index (κ3) is 4.46. The summed E-state index contributed by atoms with van der Waals surface area (Å²) in [6.45, 7) is 3.60. The van der Waals surface area contributed by atoms with Gasteiger partial charge in [-0.3, -0.25) is 0 Å². The van der Waals surface area contributed by atoms with Crippen molar-refractivity contribution in [3.8, 4) is 17.4 Å². The fourth-order valence-electron chi connectivity index (χ4n) is 3.33. The number of ether oxygens (including phenoxy) is 4. The number of hydrogen-bond donors (Lipinski definition) is 1. The molecule has 0 saturated heterocycles. The van der Waals surface area contributed by atoms with Crippen LogP contribution in [-0.2, 0) is 16.1 Å². The van der Waals surface area contributed by atoms with Crippen molar-refractivity contribution in [2.45, 2.75) is 26.6 Å². The molecule has 2 aromatic heterocycles. The molecule has 0 atom stereocenters. The lowest BCUT2D eigenvalue weighted by molar-refractivity contribution is 0.0705. The molecule has 0 bridgehead atoms. The fraction of sp³-hybridized carbons (Fsp3) is 0.217. The molecule has 7 nitrogen and oxygen atoms in total. The number of carbonyl (C=O) groups is 1. The predicted octanol–water partition coefficient (Wildman–Crippen LogP) is 6.37. The smallest absolute Gasteiger partial charge is 0.456 e. The Hall–Kier alpha value is -3.36. The number of hydrogen-bond acceptors (Lipinski definition) is 6. The summed E-state index contributed by atoms with van der Waals surface area (Å²) in [6.07, 6.45) is 0.395.